The van der Waals surface area contributed by atoms with Crippen LogP contribution in [0.15, 0.2) is 12.1 Å². The molecule has 0 spiro atoms. The van der Waals surface area contributed by atoms with Crippen molar-refractivity contribution >= 4 is 0 Å². The molecule has 1 rings (SSSR count). The molecule has 20 heavy (non-hydrogen) atoms. The molecule has 1 aromatic carbocycles. The summed E-state index contributed by atoms with van der Waals surface area (Å²) in [7, 11) is 0. The Bertz CT molecular complexity index is 413. The number of benzene rings is 1. The standard InChI is InChI=1S/C15H23F2NO2/c1-9(2)7-18-8-12-5-13(16)15(14(17)6-12)20-11(4)10(3)19/h5-6,9-11,18-19H,7-8H2,1-4H3. The van der Waals surface area contributed by atoms with Crippen molar-refractivity contribution in [3.63, 3.8) is 0 Å². The van der Waals surface area contributed by atoms with Crippen LogP contribution in [0.3, 0.4) is 0 Å². The minimum atomic E-state index is -0.804. The summed E-state index contributed by atoms with van der Waals surface area (Å²) in [5.74, 6) is -1.47. The Morgan fingerprint density at radius 2 is 1.70 bits per heavy atom. The van der Waals surface area contributed by atoms with Gasteiger partial charge >= 0.3 is 0 Å². The van der Waals surface area contributed by atoms with E-state index >= 15 is 0 Å². The molecule has 0 heterocycles. The quantitative estimate of drug-likeness (QED) is 0.810. The van der Waals surface area contributed by atoms with Crippen LogP contribution in [0.4, 0.5) is 8.78 Å². The van der Waals surface area contributed by atoms with E-state index in [1.165, 1.54) is 19.1 Å². The SMILES string of the molecule is CC(C)CNCc1cc(F)c(OC(C)C(C)O)c(F)c1. The van der Waals surface area contributed by atoms with Crippen molar-refractivity contribution in [1.29, 1.82) is 0 Å². The molecule has 0 aromatic heterocycles. The average molecular weight is 287 g/mol. The van der Waals surface area contributed by atoms with Gasteiger partial charge in [0.25, 0.3) is 0 Å². The van der Waals surface area contributed by atoms with E-state index in [2.05, 4.69) is 19.2 Å². The van der Waals surface area contributed by atoms with Gasteiger partial charge in [-0.05, 0) is 44.0 Å². The molecule has 0 radical (unpaired) electrons. The second kappa shape index (κ2) is 7.55. The summed E-state index contributed by atoms with van der Waals surface area (Å²) in [5.41, 5.74) is 0.526. The number of rotatable bonds is 7. The molecule has 1 aromatic rings. The Morgan fingerprint density at radius 1 is 1.15 bits per heavy atom. The summed E-state index contributed by atoms with van der Waals surface area (Å²) >= 11 is 0. The lowest BCUT2D eigenvalue weighted by Gasteiger charge is -2.18. The van der Waals surface area contributed by atoms with E-state index < -0.39 is 29.6 Å². The summed E-state index contributed by atoms with van der Waals surface area (Å²) in [4.78, 5) is 0. The smallest absolute Gasteiger partial charge is 0.191 e. The fourth-order valence-electron chi connectivity index (χ4n) is 1.62. The number of nitrogens with one attached hydrogen (secondary N) is 1. The van der Waals surface area contributed by atoms with E-state index in [1.807, 2.05) is 0 Å². The zero-order chi connectivity index (χ0) is 15.3. The number of aliphatic hydroxyl groups is 1. The number of hydrogen-bond donors (Lipinski definition) is 2. The fraction of sp³-hybridized carbons (Fsp3) is 0.600. The molecule has 0 aliphatic heterocycles. The van der Waals surface area contributed by atoms with Gasteiger partial charge in [-0.1, -0.05) is 13.8 Å². The first-order chi connectivity index (χ1) is 9.31. The predicted molar refractivity (Wildman–Crippen MR) is 74.7 cm³/mol. The van der Waals surface area contributed by atoms with E-state index in [0.717, 1.165) is 6.54 Å². The van der Waals surface area contributed by atoms with Crippen LogP contribution in [0.2, 0.25) is 0 Å². The maximum Gasteiger partial charge on any atom is 0.191 e. The number of aliphatic hydroxyl groups excluding tert-OH is 1. The molecule has 0 saturated carbocycles. The summed E-state index contributed by atoms with van der Waals surface area (Å²) in [6, 6.07) is 2.50. The highest BCUT2D eigenvalue weighted by atomic mass is 19.1. The third kappa shape index (κ3) is 5.06. The molecule has 0 amide bonds. The van der Waals surface area contributed by atoms with Crippen LogP contribution in [-0.4, -0.2) is 23.9 Å². The van der Waals surface area contributed by atoms with Crippen LogP contribution in [-0.2, 0) is 6.54 Å². The molecule has 114 valence electrons. The van der Waals surface area contributed by atoms with Crippen molar-refractivity contribution in [3.8, 4) is 5.75 Å². The van der Waals surface area contributed by atoms with Crippen molar-refractivity contribution in [2.24, 2.45) is 5.92 Å². The van der Waals surface area contributed by atoms with E-state index in [0.29, 0.717) is 18.0 Å². The lowest BCUT2D eigenvalue weighted by Crippen LogP contribution is -2.26. The average Bonchev–Trinajstić information content (AvgIpc) is 2.32. The molecule has 0 bridgehead atoms. The molecule has 0 aliphatic carbocycles. The lowest BCUT2D eigenvalue weighted by molar-refractivity contribution is 0.0551. The van der Waals surface area contributed by atoms with Gasteiger partial charge in [0.1, 0.15) is 6.10 Å². The van der Waals surface area contributed by atoms with Gasteiger partial charge in [0, 0.05) is 6.54 Å². The second-order valence-corrected chi connectivity index (χ2v) is 5.48. The molecular weight excluding hydrogens is 264 g/mol. The van der Waals surface area contributed by atoms with E-state index in [1.54, 1.807) is 6.92 Å². The van der Waals surface area contributed by atoms with E-state index in [9.17, 15) is 13.9 Å². The third-order valence-corrected chi connectivity index (χ3v) is 2.92. The molecule has 2 unspecified atom stereocenters. The summed E-state index contributed by atoms with van der Waals surface area (Å²) < 4.78 is 32.8. The Balaban J connectivity index is 2.76. The monoisotopic (exact) mass is 287 g/mol. The van der Waals surface area contributed by atoms with Gasteiger partial charge in [-0.2, -0.15) is 0 Å². The van der Waals surface area contributed by atoms with Gasteiger partial charge in [0.15, 0.2) is 17.4 Å². The molecule has 5 heteroatoms. The Morgan fingerprint density at radius 3 is 2.15 bits per heavy atom. The van der Waals surface area contributed by atoms with Crippen LogP contribution in [0.5, 0.6) is 5.75 Å². The van der Waals surface area contributed by atoms with Crippen LogP contribution >= 0.6 is 0 Å². The molecule has 3 nitrogen and oxygen atoms in total. The van der Waals surface area contributed by atoms with Crippen LogP contribution < -0.4 is 10.1 Å². The van der Waals surface area contributed by atoms with Crippen molar-refractivity contribution in [2.75, 3.05) is 6.54 Å². The normalized spacial score (nSPS) is 14.4. The fourth-order valence-corrected chi connectivity index (χ4v) is 1.62. The summed E-state index contributed by atoms with van der Waals surface area (Å²) in [6.45, 7) is 8.36. The maximum absolute atomic E-state index is 13.8. The largest absolute Gasteiger partial charge is 0.482 e. The Hall–Kier alpha value is -1.20. The topological polar surface area (TPSA) is 41.5 Å². The third-order valence-electron chi connectivity index (χ3n) is 2.92. The predicted octanol–water partition coefficient (Wildman–Crippen LogP) is 2.86. The lowest BCUT2D eigenvalue weighted by atomic mass is 10.1. The first-order valence-electron chi connectivity index (χ1n) is 6.84. The van der Waals surface area contributed by atoms with Crippen LogP contribution in [0.1, 0.15) is 33.3 Å². The second-order valence-electron chi connectivity index (χ2n) is 5.48. The molecule has 2 atom stereocenters. The first-order valence-corrected chi connectivity index (χ1v) is 6.84. The molecule has 0 fully saturated rings. The van der Waals surface area contributed by atoms with Gasteiger partial charge in [-0.3, -0.25) is 0 Å². The van der Waals surface area contributed by atoms with Crippen molar-refractivity contribution < 1.29 is 18.6 Å². The van der Waals surface area contributed by atoms with E-state index in [-0.39, 0.29) is 0 Å². The van der Waals surface area contributed by atoms with Gasteiger partial charge in [0.05, 0.1) is 6.10 Å². The van der Waals surface area contributed by atoms with Gasteiger partial charge in [0.2, 0.25) is 0 Å². The first kappa shape index (κ1) is 16.9. The highest BCUT2D eigenvalue weighted by Gasteiger charge is 2.18. The zero-order valence-electron chi connectivity index (χ0n) is 12.4. The number of hydrogen-bond acceptors (Lipinski definition) is 3. The maximum atomic E-state index is 13.8. The van der Waals surface area contributed by atoms with Crippen molar-refractivity contribution in [2.45, 2.75) is 46.4 Å². The summed E-state index contributed by atoms with van der Waals surface area (Å²) in [5, 5.41) is 12.4. The van der Waals surface area contributed by atoms with Crippen LogP contribution in [0.25, 0.3) is 0 Å². The van der Waals surface area contributed by atoms with Gasteiger partial charge in [-0.25, -0.2) is 8.78 Å². The Kier molecular flexibility index (Phi) is 6.36. The van der Waals surface area contributed by atoms with Crippen molar-refractivity contribution in [3.05, 3.63) is 29.3 Å². The molecular formula is C15H23F2NO2. The number of ether oxygens (including phenoxy) is 1. The highest BCUT2D eigenvalue weighted by molar-refractivity contribution is 5.31. The minimum Gasteiger partial charge on any atom is -0.482 e. The Labute approximate surface area is 119 Å². The molecule has 2 N–H and O–H groups in total. The van der Waals surface area contributed by atoms with E-state index in [4.69, 9.17) is 4.74 Å². The zero-order valence-corrected chi connectivity index (χ0v) is 12.4. The number of halogens is 2. The van der Waals surface area contributed by atoms with Gasteiger partial charge < -0.3 is 15.2 Å². The van der Waals surface area contributed by atoms with Crippen LogP contribution in [0, 0.1) is 17.6 Å². The molecule has 0 saturated heterocycles. The minimum absolute atomic E-state index is 0.401. The van der Waals surface area contributed by atoms with Gasteiger partial charge in [-0.15, -0.1) is 0 Å². The summed E-state index contributed by atoms with van der Waals surface area (Å²) in [6.07, 6.45) is -1.48. The van der Waals surface area contributed by atoms with Crippen molar-refractivity contribution in [1.82, 2.24) is 5.32 Å². The molecule has 0 aliphatic rings. The highest BCUT2D eigenvalue weighted by Crippen LogP contribution is 2.25.